The van der Waals surface area contributed by atoms with E-state index < -0.39 is 176 Å². The minimum atomic E-state index is -5.69. The molecule has 0 aromatic heterocycles. The molecule has 0 saturated carbocycles. The standard InChI is InChI=1S/C94H178N2O25P2/c1-7-13-19-25-31-37-38-44-50-56-62-68-84(103)115-78(66-60-54-48-42-35-29-23-17-11-5)72-86(105)119-92-88(96-82(101)71-77(65-59-53-47-41-34-28-22-16-10-4)114-83(102)67-61-55-49-43-36-30-24-18-12-6)93(116-79(73-97)90(92)120-122(107,108)109)113-74-80-89(106)91(118-85(104)70-76(99)64-58-52-46-40-33-27-21-15-9-3)87(94(117-80)121-123(110,111)112)95-81(100)69-75(98)63-57-51-45-39-32-26-20-14-8-2/h75-80,87-94,97-99,106H,7-74H2,1-6H3,(H,95,100)(H,96,101)(H2,107,108,109)(H2,110,111,112)/t75-,76?,77-,78?,79-,80-,87-,88-,89-,90-,91-,92-,93-,94-/m1/s1. The first kappa shape index (κ1) is 116. The van der Waals surface area contributed by atoms with E-state index in [0.717, 1.165) is 257 Å². The number of nitrogens with one attached hydrogen (secondary N) is 2. The smallest absolute Gasteiger partial charge is 0.462 e. The van der Waals surface area contributed by atoms with Crippen molar-refractivity contribution in [3.05, 3.63) is 0 Å². The molecule has 27 nitrogen and oxygen atoms in total. The molecule has 2 fully saturated rings. The average molecular weight is 1800 g/mol. The van der Waals surface area contributed by atoms with Crippen LogP contribution in [0.3, 0.4) is 0 Å². The molecule has 14 atom stereocenters. The summed E-state index contributed by atoms with van der Waals surface area (Å²) in [7, 11) is -11.4. The molecule has 724 valence electrons. The fraction of sp³-hybridized carbons (Fsp3) is 0.936. The molecule has 10 N–H and O–H groups in total. The summed E-state index contributed by atoms with van der Waals surface area (Å²) < 4.78 is 80.1. The van der Waals surface area contributed by atoms with Crippen LogP contribution in [0.4, 0.5) is 0 Å². The van der Waals surface area contributed by atoms with Gasteiger partial charge in [-0.2, -0.15) is 0 Å². The summed E-state index contributed by atoms with van der Waals surface area (Å²) in [6, 6.07) is -3.86. The molecular weight excluding hydrogens is 1620 g/mol. The maximum atomic E-state index is 15.2. The monoisotopic (exact) mass is 1800 g/mol. The van der Waals surface area contributed by atoms with Gasteiger partial charge < -0.3 is 83.8 Å². The van der Waals surface area contributed by atoms with Gasteiger partial charge in [0.15, 0.2) is 24.8 Å². The van der Waals surface area contributed by atoms with Crippen molar-refractivity contribution in [3.8, 4) is 0 Å². The number of aliphatic hydroxyl groups excluding tert-OH is 4. The van der Waals surface area contributed by atoms with Crippen molar-refractivity contribution in [2.24, 2.45) is 0 Å². The van der Waals surface area contributed by atoms with E-state index in [1.165, 1.54) is 64.2 Å². The number of phosphoric ester groups is 2. The van der Waals surface area contributed by atoms with Crippen molar-refractivity contribution in [2.45, 2.75) is 551 Å². The Morgan fingerprint density at radius 3 is 0.984 bits per heavy atom. The zero-order valence-corrected chi connectivity index (χ0v) is 79.4. The molecule has 2 aliphatic heterocycles. The predicted octanol–water partition coefficient (Wildman–Crippen LogP) is 20.6. The van der Waals surface area contributed by atoms with E-state index in [-0.39, 0.29) is 38.5 Å². The summed E-state index contributed by atoms with van der Waals surface area (Å²) in [4.78, 5) is 128. The number of amides is 2. The summed E-state index contributed by atoms with van der Waals surface area (Å²) in [6.07, 6.45) is 34.0. The number of phosphoric acid groups is 2. The van der Waals surface area contributed by atoms with E-state index in [1.54, 1.807) is 0 Å². The lowest BCUT2D eigenvalue weighted by atomic mass is 9.95. The van der Waals surface area contributed by atoms with Crippen molar-refractivity contribution in [3.63, 3.8) is 0 Å². The Morgan fingerprint density at radius 2 is 0.626 bits per heavy atom. The molecule has 2 aliphatic rings. The Bertz CT molecular complexity index is 2710. The molecule has 0 spiro atoms. The van der Waals surface area contributed by atoms with Crippen LogP contribution in [0.2, 0.25) is 0 Å². The first-order valence-corrected chi connectivity index (χ1v) is 52.8. The molecule has 0 aromatic rings. The number of rotatable bonds is 84. The molecule has 29 heteroatoms. The van der Waals surface area contributed by atoms with Gasteiger partial charge in [0.2, 0.25) is 11.8 Å². The lowest BCUT2D eigenvalue weighted by molar-refractivity contribution is -0.297. The first-order chi connectivity index (χ1) is 59.3. The van der Waals surface area contributed by atoms with Crippen molar-refractivity contribution >= 4 is 51.3 Å². The van der Waals surface area contributed by atoms with Gasteiger partial charge >= 0.3 is 39.5 Å². The molecule has 0 radical (unpaired) electrons. The van der Waals surface area contributed by atoms with Crippen LogP contribution in [0.25, 0.3) is 0 Å². The molecule has 0 aliphatic carbocycles. The molecule has 2 amide bonds. The Morgan fingerprint density at radius 1 is 0.333 bits per heavy atom. The average Bonchev–Trinajstić information content (AvgIpc) is 0.778. The maximum Gasteiger partial charge on any atom is 0.472 e. The van der Waals surface area contributed by atoms with Crippen LogP contribution in [0.1, 0.15) is 465 Å². The number of hydrogen-bond donors (Lipinski definition) is 10. The Balaban J connectivity index is 2.84. The highest BCUT2D eigenvalue weighted by atomic mass is 31.2. The van der Waals surface area contributed by atoms with Crippen molar-refractivity contribution in [1.82, 2.24) is 10.6 Å². The summed E-state index contributed by atoms with van der Waals surface area (Å²) >= 11 is 0. The van der Waals surface area contributed by atoms with Crippen LogP contribution >= 0.6 is 15.6 Å². The van der Waals surface area contributed by atoms with Crippen LogP contribution in [0, 0.1) is 0 Å². The van der Waals surface area contributed by atoms with E-state index in [0.29, 0.717) is 38.5 Å². The third-order valence-corrected chi connectivity index (χ3v) is 24.9. The maximum absolute atomic E-state index is 15.2. The van der Waals surface area contributed by atoms with Crippen molar-refractivity contribution < 1.29 is 120 Å². The SMILES string of the molecule is CCCCCCCCCCCCCC(=O)OC(CCCCCCCCCCC)CC(=O)O[C@@H]1[C@@H](NC(=O)C[C@@H](CCCCCCCCCCC)OC(=O)CCCCCCCCCCC)[C@H](OC[C@H]2O[C@H](OP(=O)(O)O)[C@H](NC(=O)C[C@H](O)CCCCCCCCCCC)[C@@H](OC(=O)CC(O)CCCCCCCCCCC)[C@@H]2O)O[C@H](CO)[C@H]1OP(=O)(O)O. The van der Waals surface area contributed by atoms with Crippen molar-refractivity contribution in [1.29, 1.82) is 0 Å². The van der Waals surface area contributed by atoms with Gasteiger partial charge in [0.25, 0.3) is 0 Å². The zero-order chi connectivity index (χ0) is 90.4. The second-order valence-corrected chi connectivity index (χ2v) is 37.9. The third-order valence-electron chi connectivity index (χ3n) is 23.9. The Labute approximate surface area is 742 Å². The van der Waals surface area contributed by atoms with E-state index >= 15 is 9.59 Å². The largest absolute Gasteiger partial charge is 0.472 e. The van der Waals surface area contributed by atoms with Gasteiger partial charge in [-0.15, -0.1) is 0 Å². The lowest BCUT2D eigenvalue weighted by Crippen LogP contribution is -2.68. The summed E-state index contributed by atoms with van der Waals surface area (Å²) in [5.74, 6) is -5.04. The van der Waals surface area contributed by atoms with Crippen LogP contribution in [0.15, 0.2) is 0 Å². The molecule has 123 heavy (non-hydrogen) atoms. The minimum absolute atomic E-state index is 0.0781. The molecule has 2 saturated heterocycles. The fourth-order valence-corrected chi connectivity index (χ4v) is 17.6. The number of esters is 4. The fourth-order valence-electron chi connectivity index (χ4n) is 16.6. The number of unbranched alkanes of at least 4 members (excludes halogenated alkanes) is 50. The van der Waals surface area contributed by atoms with Crippen LogP contribution in [-0.2, 0) is 80.1 Å². The molecule has 0 bridgehead atoms. The second kappa shape index (κ2) is 75.4. The number of carbonyl (C=O) groups is 6. The van der Waals surface area contributed by atoms with E-state index in [2.05, 4.69) is 52.2 Å². The normalized spacial score (nSPS) is 20.4. The van der Waals surface area contributed by atoms with Gasteiger partial charge in [0.1, 0.15) is 48.7 Å². The topological polar surface area (TPSA) is 406 Å². The highest BCUT2D eigenvalue weighted by molar-refractivity contribution is 7.46. The van der Waals surface area contributed by atoms with Crippen LogP contribution in [-0.4, -0.2) is 175 Å². The Hall–Kier alpha value is -3.24. The first-order valence-electron chi connectivity index (χ1n) is 49.7. The zero-order valence-electron chi connectivity index (χ0n) is 77.6. The van der Waals surface area contributed by atoms with Gasteiger partial charge in [-0.3, -0.25) is 37.8 Å². The quantitative estimate of drug-likeness (QED) is 0.0117. The number of carbonyl (C=O) groups excluding carboxylic acids is 6. The summed E-state index contributed by atoms with van der Waals surface area (Å²) in [6.45, 7) is 10.9. The van der Waals surface area contributed by atoms with Gasteiger partial charge in [0.05, 0.1) is 51.1 Å². The predicted molar refractivity (Wildman–Crippen MR) is 481 cm³/mol. The lowest BCUT2D eigenvalue weighted by Gasteiger charge is -2.47. The summed E-state index contributed by atoms with van der Waals surface area (Å²) in [5, 5.41) is 51.5. The molecule has 2 rings (SSSR count). The Kier molecular flexibility index (Phi) is 71.0. The van der Waals surface area contributed by atoms with Gasteiger partial charge in [-0.1, -0.05) is 375 Å². The van der Waals surface area contributed by atoms with E-state index in [1.807, 2.05) is 0 Å². The highest BCUT2D eigenvalue weighted by Gasteiger charge is 2.55. The van der Waals surface area contributed by atoms with Gasteiger partial charge in [-0.25, -0.2) is 9.13 Å². The molecular formula is C94H178N2O25P2. The van der Waals surface area contributed by atoms with Gasteiger partial charge in [-0.05, 0) is 51.4 Å². The minimum Gasteiger partial charge on any atom is -0.462 e. The number of aliphatic hydroxyl groups is 4. The molecule has 2 heterocycles. The number of hydrogen-bond acceptors (Lipinski definition) is 21. The highest BCUT2D eigenvalue weighted by Crippen LogP contribution is 2.44. The molecule has 0 aromatic carbocycles. The second-order valence-electron chi connectivity index (χ2n) is 35.5. The number of ether oxygens (including phenoxy) is 7. The van der Waals surface area contributed by atoms with E-state index in [9.17, 15) is 68.3 Å². The van der Waals surface area contributed by atoms with E-state index in [4.69, 9.17) is 42.2 Å². The molecule has 2 unspecified atom stereocenters. The van der Waals surface area contributed by atoms with Gasteiger partial charge in [0, 0.05) is 12.8 Å². The van der Waals surface area contributed by atoms with Crippen molar-refractivity contribution in [2.75, 3.05) is 13.2 Å². The van der Waals surface area contributed by atoms with Crippen LogP contribution in [0.5, 0.6) is 0 Å². The van der Waals surface area contributed by atoms with Crippen LogP contribution < -0.4 is 10.6 Å². The third kappa shape index (κ3) is 61.9. The summed E-state index contributed by atoms with van der Waals surface area (Å²) in [5.41, 5.74) is 0.